The van der Waals surface area contributed by atoms with Gasteiger partial charge in [-0.1, -0.05) is 64.4 Å². The molecule has 0 saturated carbocycles. The molecule has 0 fully saturated rings. The van der Waals surface area contributed by atoms with Crippen LogP contribution in [0, 0.1) is 17.8 Å². The predicted molar refractivity (Wildman–Crippen MR) is 104 cm³/mol. The number of rotatable bonds is 2. The molecule has 0 spiro atoms. The van der Waals surface area contributed by atoms with Crippen molar-refractivity contribution < 1.29 is 14.4 Å². The van der Waals surface area contributed by atoms with E-state index in [2.05, 4.69) is 5.16 Å². The number of hydrogen-bond acceptors (Lipinski definition) is 4. The molecule has 0 bridgehead atoms. The summed E-state index contributed by atoms with van der Waals surface area (Å²) in [7, 11) is 0. The number of hydrogen-bond donors (Lipinski definition) is 0. The van der Waals surface area contributed by atoms with Gasteiger partial charge in [-0.3, -0.25) is 4.79 Å². The molecule has 0 heterocycles. The van der Waals surface area contributed by atoms with Gasteiger partial charge in [0.1, 0.15) is 5.71 Å². The third kappa shape index (κ3) is 4.57. The van der Waals surface area contributed by atoms with Gasteiger partial charge in [0.05, 0.1) is 5.56 Å². The number of ketones is 1. The van der Waals surface area contributed by atoms with E-state index in [4.69, 9.17) is 4.84 Å². The van der Waals surface area contributed by atoms with Crippen LogP contribution in [0.25, 0.3) is 0 Å². The van der Waals surface area contributed by atoms with Crippen LogP contribution in [-0.2, 0) is 9.63 Å². The van der Waals surface area contributed by atoms with Crippen molar-refractivity contribution in [3.63, 3.8) is 0 Å². The van der Waals surface area contributed by atoms with Crippen molar-refractivity contribution in [1.29, 1.82) is 0 Å². The van der Waals surface area contributed by atoms with Crippen LogP contribution in [0.3, 0.4) is 0 Å². The Hall–Kier alpha value is -2.49. The summed E-state index contributed by atoms with van der Waals surface area (Å²) in [5, 5.41) is 4.01. The number of Topliss-reactive ketones (excluding diaryl/α,β-unsaturated/α-hetero) is 1. The van der Waals surface area contributed by atoms with Gasteiger partial charge in [0.15, 0.2) is 5.78 Å². The molecule has 0 saturated heterocycles. The molecule has 4 nitrogen and oxygen atoms in total. The molecule has 1 aromatic rings. The normalized spacial score (nSPS) is 15.3. The highest BCUT2D eigenvalue weighted by Crippen LogP contribution is 2.37. The maximum atomic E-state index is 12.9. The van der Waals surface area contributed by atoms with E-state index in [1.165, 1.54) is 0 Å². The topological polar surface area (TPSA) is 55.7 Å². The predicted octanol–water partition coefficient (Wildman–Crippen LogP) is 5.04. The smallest absolute Gasteiger partial charge is 0.312 e. The molecule has 2 rings (SSSR count). The summed E-state index contributed by atoms with van der Waals surface area (Å²) in [5.41, 5.74) is 2.55. The van der Waals surface area contributed by atoms with E-state index < -0.39 is 5.97 Å². The number of aryl methyl sites for hydroxylation is 1. The maximum Gasteiger partial charge on any atom is 0.365 e. The minimum Gasteiger partial charge on any atom is -0.312 e. The second-order valence-corrected chi connectivity index (χ2v) is 8.71. The highest BCUT2D eigenvalue weighted by atomic mass is 16.7. The molecule has 0 radical (unpaired) electrons. The molecule has 0 atom stereocenters. The maximum absolute atomic E-state index is 12.9. The van der Waals surface area contributed by atoms with Gasteiger partial charge in [0.2, 0.25) is 0 Å². The number of benzene rings is 1. The minimum absolute atomic E-state index is 0.0222. The quantitative estimate of drug-likeness (QED) is 0.425. The first-order valence-corrected chi connectivity index (χ1v) is 8.74. The molecule has 0 N–H and O–H groups in total. The van der Waals surface area contributed by atoms with E-state index in [9.17, 15) is 9.59 Å². The van der Waals surface area contributed by atoms with Gasteiger partial charge in [0, 0.05) is 11.1 Å². The Morgan fingerprint density at radius 3 is 1.96 bits per heavy atom. The average Bonchev–Trinajstić information content (AvgIpc) is 2.51. The van der Waals surface area contributed by atoms with Crippen LogP contribution >= 0.6 is 0 Å². The van der Waals surface area contributed by atoms with E-state index in [0.717, 1.165) is 5.56 Å². The standard InChI is InChI=1S/C22H27NO3/c1-14-9-8-10-15(11-14)20(25)26-23-16-12-17(21(2,3)4)19(24)18(13-16)22(5,6)7/h8-13H,1-7H3. The van der Waals surface area contributed by atoms with E-state index in [1.807, 2.05) is 54.5 Å². The van der Waals surface area contributed by atoms with Crippen molar-refractivity contribution in [3.8, 4) is 0 Å². The molecule has 0 aliphatic heterocycles. The summed E-state index contributed by atoms with van der Waals surface area (Å²) < 4.78 is 0. The van der Waals surface area contributed by atoms with E-state index in [1.54, 1.807) is 30.4 Å². The first-order chi connectivity index (χ1) is 11.9. The SMILES string of the molecule is Cc1cccc(C(=O)ON=C2C=C(C(C)(C)C)C(=O)C(C(C)(C)C)=C2)c1. The van der Waals surface area contributed by atoms with Crippen molar-refractivity contribution in [1.82, 2.24) is 0 Å². The van der Waals surface area contributed by atoms with Crippen LogP contribution in [0.5, 0.6) is 0 Å². The number of oxime groups is 1. The first-order valence-electron chi connectivity index (χ1n) is 8.74. The van der Waals surface area contributed by atoms with E-state index in [0.29, 0.717) is 22.4 Å². The fourth-order valence-electron chi connectivity index (χ4n) is 2.70. The molecule has 1 aromatic carbocycles. The second kappa shape index (κ2) is 7.02. The first kappa shape index (κ1) is 19.8. The van der Waals surface area contributed by atoms with Gasteiger partial charge >= 0.3 is 5.97 Å². The van der Waals surface area contributed by atoms with Crippen LogP contribution < -0.4 is 0 Å². The van der Waals surface area contributed by atoms with Crippen LogP contribution in [0.15, 0.2) is 52.7 Å². The van der Waals surface area contributed by atoms with Gasteiger partial charge < -0.3 is 4.84 Å². The van der Waals surface area contributed by atoms with Gasteiger partial charge in [-0.05, 0) is 42.0 Å². The Balaban J connectivity index is 2.37. The number of allylic oxidation sites excluding steroid dienone is 4. The lowest BCUT2D eigenvalue weighted by Crippen LogP contribution is -2.29. The number of nitrogens with zero attached hydrogens (tertiary/aromatic N) is 1. The second-order valence-electron chi connectivity index (χ2n) is 8.71. The fraction of sp³-hybridized carbons (Fsp3) is 0.409. The van der Waals surface area contributed by atoms with Crippen LogP contribution in [0.1, 0.15) is 57.5 Å². The molecular weight excluding hydrogens is 326 g/mol. The van der Waals surface area contributed by atoms with Crippen molar-refractivity contribution in [3.05, 3.63) is 58.7 Å². The van der Waals surface area contributed by atoms with Gasteiger partial charge in [-0.2, -0.15) is 0 Å². The molecule has 0 unspecified atom stereocenters. The summed E-state index contributed by atoms with van der Waals surface area (Å²) in [4.78, 5) is 30.2. The average molecular weight is 353 g/mol. The molecule has 0 amide bonds. The lowest BCUT2D eigenvalue weighted by molar-refractivity contribution is -0.114. The Morgan fingerprint density at radius 1 is 0.962 bits per heavy atom. The van der Waals surface area contributed by atoms with Gasteiger partial charge in [0.25, 0.3) is 0 Å². The lowest BCUT2D eigenvalue weighted by Gasteiger charge is -2.30. The van der Waals surface area contributed by atoms with Crippen molar-refractivity contribution in [2.75, 3.05) is 0 Å². The minimum atomic E-state index is -0.519. The van der Waals surface area contributed by atoms with E-state index in [-0.39, 0.29) is 16.6 Å². The lowest BCUT2D eigenvalue weighted by atomic mass is 9.72. The molecule has 1 aliphatic carbocycles. The highest BCUT2D eigenvalue weighted by molar-refractivity contribution is 6.22. The molecule has 4 heteroatoms. The molecular formula is C22H27NO3. The van der Waals surface area contributed by atoms with Crippen molar-refractivity contribution in [2.24, 2.45) is 16.0 Å². The molecule has 1 aliphatic rings. The zero-order valence-corrected chi connectivity index (χ0v) is 16.6. The van der Waals surface area contributed by atoms with Gasteiger partial charge in [-0.25, -0.2) is 4.79 Å². The highest BCUT2D eigenvalue weighted by Gasteiger charge is 2.34. The Kier molecular flexibility index (Phi) is 5.36. The molecule has 0 aromatic heterocycles. The van der Waals surface area contributed by atoms with Crippen molar-refractivity contribution in [2.45, 2.75) is 48.5 Å². The largest absolute Gasteiger partial charge is 0.365 e. The zero-order chi connectivity index (χ0) is 19.7. The summed E-state index contributed by atoms with van der Waals surface area (Å²) in [5.74, 6) is -0.497. The zero-order valence-electron chi connectivity index (χ0n) is 16.6. The molecule has 138 valence electrons. The summed E-state index contributed by atoms with van der Waals surface area (Å²) in [6, 6.07) is 7.15. The summed E-state index contributed by atoms with van der Waals surface area (Å²) >= 11 is 0. The third-order valence-electron chi connectivity index (χ3n) is 4.18. The molecule has 26 heavy (non-hydrogen) atoms. The van der Waals surface area contributed by atoms with Gasteiger partial charge in [-0.15, -0.1) is 0 Å². The van der Waals surface area contributed by atoms with E-state index >= 15 is 0 Å². The van der Waals surface area contributed by atoms with Crippen LogP contribution in [0.2, 0.25) is 0 Å². The Morgan fingerprint density at radius 2 is 1.50 bits per heavy atom. The fourth-order valence-corrected chi connectivity index (χ4v) is 2.70. The number of carbonyl (C=O) groups is 2. The van der Waals surface area contributed by atoms with Crippen LogP contribution in [0.4, 0.5) is 0 Å². The monoisotopic (exact) mass is 353 g/mol. The Bertz CT molecular complexity index is 792. The summed E-state index contributed by atoms with van der Waals surface area (Å²) in [6.45, 7) is 13.8. The Labute approximate surface area is 155 Å². The van der Waals surface area contributed by atoms with Crippen molar-refractivity contribution >= 4 is 17.5 Å². The number of carbonyl (C=O) groups excluding carboxylic acids is 2. The summed E-state index contributed by atoms with van der Waals surface area (Å²) in [6.07, 6.45) is 3.42. The van der Waals surface area contributed by atoms with Crippen LogP contribution in [-0.4, -0.2) is 17.5 Å². The third-order valence-corrected chi connectivity index (χ3v) is 4.18.